The molecular formula is C15H16BrN3O3S. The molecule has 0 aliphatic rings. The number of nitrogens with zero attached hydrogens (tertiary/aromatic N) is 1. The third kappa shape index (κ3) is 5.33. The van der Waals surface area contributed by atoms with Crippen LogP contribution in [0.3, 0.4) is 0 Å². The highest BCUT2D eigenvalue weighted by Crippen LogP contribution is 2.21. The van der Waals surface area contributed by atoms with Crippen LogP contribution in [0.1, 0.15) is 18.2 Å². The van der Waals surface area contributed by atoms with Crippen LogP contribution in [0.4, 0.5) is 15.6 Å². The first-order chi connectivity index (χ1) is 11.0. The summed E-state index contributed by atoms with van der Waals surface area (Å²) in [5.41, 5.74) is 2.32. The molecule has 2 amide bonds. The number of aryl methyl sites for hydroxylation is 1. The van der Waals surface area contributed by atoms with E-state index in [2.05, 4.69) is 31.5 Å². The average Bonchev–Trinajstić information content (AvgIpc) is 2.89. The number of nitrogens with one attached hydrogen (secondary N) is 2. The minimum Gasteiger partial charge on any atom is -0.450 e. The molecule has 0 saturated heterocycles. The minimum absolute atomic E-state index is 0.135. The van der Waals surface area contributed by atoms with Crippen LogP contribution < -0.4 is 10.6 Å². The molecule has 0 unspecified atom stereocenters. The van der Waals surface area contributed by atoms with Crippen LogP contribution >= 0.6 is 27.3 Å². The number of rotatable bonds is 5. The predicted octanol–water partition coefficient (Wildman–Crippen LogP) is 3.96. The molecule has 0 atom stereocenters. The molecule has 2 N–H and O–H groups in total. The van der Waals surface area contributed by atoms with Crippen LogP contribution in [-0.2, 0) is 16.0 Å². The Kier molecular flexibility index (Phi) is 6.12. The Morgan fingerprint density at radius 3 is 2.83 bits per heavy atom. The van der Waals surface area contributed by atoms with Gasteiger partial charge in [-0.15, -0.1) is 11.3 Å². The van der Waals surface area contributed by atoms with Crippen molar-refractivity contribution < 1.29 is 14.3 Å². The Morgan fingerprint density at radius 1 is 1.35 bits per heavy atom. The summed E-state index contributed by atoms with van der Waals surface area (Å²) in [5.74, 6) is -0.164. The van der Waals surface area contributed by atoms with Gasteiger partial charge in [0.1, 0.15) is 0 Å². The molecule has 0 spiro atoms. The van der Waals surface area contributed by atoms with Gasteiger partial charge in [0, 0.05) is 15.5 Å². The van der Waals surface area contributed by atoms with E-state index in [1.54, 1.807) is 12.3 Å². The number of benzene rings is 1. The number of ether oxygens (including phenoxy) is 1. The normalized spacial score (nSPS) is 10.2. The van der Waals surface area contributed by atoms with Gasteiger partial charge in [0.15, 0.2) is 5.13 Å². The molecule has 6 nitrogen and oxygen atoms in total. The summed E-state index contributed by atoms with van der Waals surface area (Å²) in [6.45, 7) is 3.94. The molecule has 1 aromatic carbocycles. The lowest BCUT2D eigenvalue weighted by atomic mass is 10.2. The van der Waals surface area contributed by atoms with Crippen molar-refractivity contribution in [2.45, 2.75) is 20.3 Å². The number of hydrogen-bond donors (Lipinski definition) is 2. The summed E-state index contributed by atoms with van der Waals surface area (Å²) in [7, 11) is 0. The maximum atomic E-state index is 12.1. The summed E-state index contributed by atoms with van der Waals surface area (Å²) in [6.07, 6.45) is -0.417. The molecule has 0 aliphatic carbocycles. The number of amides is 2. The van der Waals surface area contributed by atoms with Crippen LogP contribution in [0, 0.1) is 6.92 Å². The molecule has 0 aliphatic heterocycles. The molecule has 0 bridgehead atoms. The topological polar surface area (TPSA) is 80.3 Å². The number of anilines is 2. The molecule has 1 heterocycles. The molecule has 0 radical (unpaired) electrons. The molecule has 23 heavy (non-hydrogen) atoms. The zero-order valence-electron chi connectivity index (χ0n) is 12.7. The summed E-state index contributed by atoms with van der Waals surface area (Å²) in [6, 6.07) is 5.64. The van der Waals surface area contributed by atoms with Crippen LogP contribution in [0.5, 0.6) is 0 Å². The number of carbonyl (C=O) groups is 2. The van der Waals surface area contributed by atoms with Crippen molar-refractivity contribution in [3.8, 4) is 0 Å². The Labute approximate surface area is 146 Å². The van der Waals surface area contributed by atoms with Crippen LogP contribution in [0.25, 0.3) is 0 Å². The molecular weight excluding hydrogens is 382 g/mol. The number of halogens is 1. The van der Waals surface area contributed by atoms with Crippen molar-refractivity contribution in [1.82, 2.24) is 4.98 Å². The van der Waals surface area contributed by atoms with Gasteiger partial charge in [-0.25, -0.2) is 9.78 Å². The molecule has 8 heteroatoms. The molecule has 2 aromatic rings. The third-order valence-electron chi connectivity index (χ3n) is 2.84. The summed E-state index contributed by atoms with van der Waals surface area (Å²) < 4.78 is 5.73. The van der Waals surface area contributed by atoms with E-state index in [-0.39, 0.29) is 12.3 Å². The van der Waals surface area contributed by atoms with E-state index in [1.807, 2.05) is 25.1 Å². The number of carbonyl (C=O) groups excluding carboxylic acids is 2. The second kappa shape index (κ2) is 8.07. The maximum Gasteiger partial charge on any atom is 0.413 e. The fourth-order valence-electron chi connectivity index (χ4n) is 1.83. The Balaban J connectivity index is 1.93. The predicted molar refractivity (Wildman–Crippen MR) is 94.0 cm³/mol. The van der Waals surface area contributed by atoms with Crippen LogP contribution in [0.15, 0.2) is 28.1 Å². The van der Waals surface area contributed by atoms with Gasteiger partial charge in [-0.2, -0.15) is 0 Å². The highest BCUT2D eigenvalue weighted by molar-refractivity contribution is 9.10. The third-order valence-corrected chi connectivity index (χ3v) is 4.14. The lowest BCUT2D eigenvalue weighted by Crippen LogP contribution is -2.16. The first kappa shape index (κ1) is 17.4. The fraction of sp³-hybridized carbons (Fsp3) is 0.267. The summed E-state index contributed by atoms with van der Waals surface area (Å²) >= 11 is 4.63. The van der Waals surface area contributed by atoms with Gasteiger partial charge in [-0.05, 0) is 37.6 Å². The lowest BCUT2D eigenvalue weighted by molar-refractivity contribution is -0.115. The van der Waals surface area contributed by atoms with E-state index < -0.39 is 6.09 Å². The maximum absolute atomic E-state index is 12.1. The van der Waals surface area contributed by atoms with Crippen molar-refractivity contribution in [3.63, 3.8) is 0 Å². The lowest BCUT2D eigenvalue weighted by Gasteiger charge is -2.08. The van der Waals surface area contributed by atoms with Crippen molar-refractivity contribution in [2.24, 2.45) is 0 Å². The van der Waals surface area contributed by atoms with Crippen molar-refractivity contribution in [3.05, 3.63) is 39.3 Å². The largest absolute Gasteiger partial charge is 0.450 e. The zero-order chi connectivity index (χ0) is 16.8. The van der Waals surface area contributed by atoms with Gasteiger partial charge in [0.05, 0.1) is 18.7 Å². The van der Waals surface area contributed by atoms with Gasteiger partial charge < -0.3 is 10.1 Å². The summed E-state index contributed by atoms with van der Waals surface area (Å²) in [5, 5.41) is 7.50. The smallest absolute Gasteiger partial charge is 0.413 e. The van der Waals surface area contributed by atoms with E-state index in [0.717, 1.165) is 15.7 Å². The molecule has 1 aromatic heterocycles. The number of thiazole rings is 1. The van der Waals surface area contributed by atoms with E-state index in [4.69, 9.17) is 4.74 Å². The van der Waals surface area contributed by atoms with Gasteiger partial charge in [0.25, 0.3) is 0 Å². The van der Waals surface area contributed by atoms with Gasteiger partial charge in [-0.1, -0.05) is 15.9 Å². The van der Waals surface area contributed by atoms with Gasteiger partial charge in [0.2, 0.25) is 5.91 Å². The molecule has 0 saturated carbocycles. The van der Waals surface area contributed by atoms with Crippen LogP contribution in [0.2, 0.25) is 0 Å². The molecule has 0 fully saturated rings. The van der Waals surface area contributed by atoms with E-state index in [0.29, 0.717) is 17.4 Å². The Morgan fingerprint density at radius 2 is 2.13 bits per heavy atom. The average molecular weight is 398 g/mol. The summed E-state index contributed by atoms with van der Waals surface area (Å²) in [4.78, 5) is 27.6. The van der Waals surface area contributed by atoms with E-state index >= 15 is 0 Å². The second-order valence-corrected chi connectivity index (χ2v) is 6.45. The van der Waals surface area contributed by atoms with E-state index in [9.17, 15) is 9.59 Å². The first-order valence-corrected chi connectivity index (χ1v) is 8.59. The monoisotopic (exact) mass is 397 g/mol. The fourth-order valence-corrected chi connectivity index (χ4v) is 3.00. The molecule has 122 valence electrons. The number of aromatic nitrogens is 1. The standard InChI is InChI=1S/C15H16BrN3O3S/c1-3-22-15(21)19-14-17-11(8-23-14)7-13(20)18-12-5-4-10(16)6-9(12)2/h4-6,8H,3,7H2,1-2H3,(H,18,20)(H,17,19,21). The van der Waals surface area contributed by atoms with Crippen molar-refractivity contribution in [1.29, 1.82) is 0 Å². The van der Waals surface area contributed by atoms with E-state index in [1.165, 1.54) is 11.3 Å². The minimum atomic E-state index is -0.552. The SMILES string of the molecule is CCOC(=O)Nc1nc(CC(=O)Nc2ccc(Br)cc2C)cs1. The van der Waals surface area contributed by atoms with Gasteiger partial charge >= 0.3 is 6.09 Å². The first-order valence-electron chi connectivity index (χ1n) is 6.92. The molecule has 2 rings (SSSR count). The van der Waals surface area contributed by atoms with Crippen molar-refractivity contribution >= 4 is 50.1 Å². The highest BCUT2D eigenvalue weighted by atomic mass is 79.9. The van der Waals surface area contributed by atoms with Crippen LogP contribution in [-0.4, -0.2) is 23.6 Å². The zero-order valence-corrected chi connectivity index (χ0v) is 15.1. The Hall–Kier alpha value is -1.93. The second-order valence-electron chi connectivity index (χ2n) is 4.67. The van der Waals surface area contributed by atoms with Crippen molar-refractivity contribution in [2.75, 3.05) is 17.2 Å². The highest BCUT2D eigenvalue weighted by Gasteiger charge is 2.11. The number of hydrogen-bond acceptors (Lipinski definition) is 5. The quantitative estimate of drug-likeness (QED) is 0.799. The Bertz CT molecular complexity index is 718. The van der Waals surface area contributed by atoms with Gasteiger partial charge in [-0.3, -0.25) is 10.1 Å².